The van der Waals surface area contributed by atoms with Crippen molar-refractivity contribution in [2.75, 3.05) is 0 Å². The highest BCUT2D eigenvalue weighted by Crippen LogP contribution is 2.27. The second-order valence-electron chi connectivity index (χ2n) is 3.99. The minimum Gasteiger partial charge on any atom is -0.144 e. The van der Waals surface area contributed by atoms with Crippen molar-refractivity contribution in [1.29, 1.82) is 0 Å². The first-order chi connectivity index (χ1) is 8.33. The summed E-state index contributed by atoms with van der Waals surface area (Å²) in [5.74, 6) is 0. The van der Waals surface area contributed by atoms with Gasteiger partial charge in [0.2, 0.25) is 0 Å². The molecule has 0 saturated carbocycles. The fraction of sp³-hybridized carbons (Fsp3) is 0.0667. The Labute approximate surface area is 109 Å². The fourth-order valence-electron chi connectivity index (χ4n) is 1.80. The lowest BCUT2D eigenvalue weighted by atomic mass is 10.2. The van der Waals surface area contributed by atoms with Crippen LogP contribution in [0.1, 0.15) is 15.3 Å². The predicted molar refractivity (Wildman–Crippen MR) is 79.8 cm³/mol. The van der Waals surface area contributed by atoms with E-state index in [-0.39, 0.29) is 0 Å². The summed E-state index contributed by atoms with van der Waals surface area (Å²) in [4.78, 5) is 2.67. The molecule has 0 aliphatic heterocycles. The summed E-state index contributed by atoms with van der Waals surface area (Å²) >= 11 is 3.64. The maximum absolute atomic E-state index is 2.25. The Kier molecular flexibility index (Phi) is 2.83. The van der Waals surface area contributed by atoms with Crippen LogP contribution in [0.15, 0.2) is 41.8 Å². The second kappa shape index (κ2) is 4.47. The fourth-order valence-corrected chi connectivity index (χ4v) is 3.58. The molecule has 1 aromatic carbocycles. The first kappa shape index (κ1) is 10.8. The first-order valence-corrected chi connectivity index (χ1v) is 7.23. The average Bonchev–Trinajstić information content (AvgIpc) is 2.92. The SMILES string of the molecule is Cc1ccsc1C=Cc1cc2ccccc2s1. The van der Waals surface area contributed by atoms with Crippen molar-refractivity contribution in [2.45, 2.75) is 6.92 Å². The molecule has 0 nitrogen and oxygen atoms in total. The van der Waals surface area contributed by atoms with Crippen LogP contribution < -0.4 is 0 Å². The van der Waals surface area contributed by atoms with Crippen LogP contribution in [0.25, 0.3) is 22.2 Å². The third-order valence-electron chi connectivity index (χ3n) is 2.75. The third-order valence-corrected chi connectivity index (χ3v) is 4.81. The molecule has 0 saturated heterocycles. The highest BCUT2D eigenvalue weighted by Gasteiger charge is 1.98. The molecule has 0 unspecified atom stereocenters. The van der Waals surface area contributed by atoms with Crippen molar-refractivity contribution >= 4 is 44.9 Å². The molecule has 0 aliphatic carbocycles. The van der Waals surface area contributed by atoms with Crippen molar-refractivity contribution in [3.8, 4) is 0 Å². The number of hydrogen-bond acceptors (Lipinski definition) is 2. The van der Waals surface area contributed by atoms with Gasteiger partial charge in [0.25, 0.3) is 0 Å². The molecule has 17 heavy (non-hydrogen) atoms. The summed E-state index contributed by atoms with van der Waals surface area (Å²) in [6, 6.07) is 12.9. The van der Waals surface area contributed by atoms with Gasteiger partial charge in [-0.05, 0) is 53.6 Å². The van der Waals surface area contributed by atoms with E-state index >= 15 is 0 Å². The molecule has 0 N–H and O–H groups in total. The van der Waals surface area contributed by atoms with Gasteiger partial charge < -0.3 is 0 Å². The molecule has 3 aromatic rings. The Morgan fingerprint density at radius 2 is 1.94 bits per heavy atom. The minimum atomic E-state index is 1.32. The van der Waals surface area contributed by atoms with Gasteiger partial charge in [-0.25, -0.2) is 0 Å². The zero-order valence-electron chi connectivity index (χ0n) is 9.51. The van der Waals surface area contributed by atoms with Gasteiger partial charge in [-0.1, -0.05) is 18.2 Å². The number of thiophene rings is 2. The van der Waals surface area contributed by atoms with E-state index in [1.165, 1.54) is 25.4 Å². The van der Waals surface area contributed by atoms with Gasteiger partial charge in [-0.15, -0.1) is 22.7 Å². The highest BCUT2D eigenvalue weighted by molar-refractivity contribution is 7.19. The van der Waals surface area contributed by atoms with E-state index in [9.17, 15) is 0 Å². The zero-order chi connectivity index (χ0) is 11.7. The lowest BCUT2D eigenvalue weighted by Gasteiger charge is -1.88. The van der Waals surface area contributed by atoms with Crippen molar-refractivity contribution in [3.63, 3.8) is 0 Å². The molecule has 2 aromatic heterocycles. The lowest BCUT2D eigenvalue weighted by molar-refractivity contribution is 1.54. The van der Waals surface area contributed by atoms with Crippen LogP contribution in [-0.4, -0.2) is 0 Å². The summed E-state index contributed by atoms with van der Waals surface area (Å²) < 4.78 is 1.36. The van der Waals surface area contributed by atoms with Gasteiger partial charge in [0.15, 0.2) is 0 Å². The molecule has 0 atom stereocenters. The molecule has 0 fully saturated rings. The minimum absolute atomic E-state index is 1.32. The quantitative estimate of drug-likeness (QED) is 0.572. The zero-order valence-corrected chi connectivity index (χ0v) is 11.1. The van der Waals surface area contributed by atoms with E-state index in [0.29, 0.717) is 0 Å². The molecule has 0 aliphatic rings. The van der Waals surface area contributed by atoms with Crippen LogP contribution in [0.4, 0.5) is 0 Å². The standard InChI is InChI=1S/C15H12S2/c1-11-8-9-16-14(11)7-6-13-10-12-4-2-3-5-15(12)17-13/h2-10H,1H3. The van der Waals surface area contributed by atoms with Gasteiger partial charge in [0, 0.05) is 14.5 Å². The molecular formula is C15H12S2. The van der Waals surface area contributed by atoms with Crippen LogP contribution in [0, 0.1) is 6.92 Å². The molecule has 0 amide bonds. The first-order valence-electron chi connectivity index (χ1n) is 5.54. The summed E-state index contributed by atoms with van der Waals surface area (Å²) in [5.41, 5.74) is 1.35. The van der Waals surface area contributed by atoms with Crippen LogP contribution in [0.3, 0.4) is 0 Å². The second-order valence-corrected chi connectivity index (χ2v) is 6.05. The van der Waals surface area contributed by atoms with E-state index in [4.69, 9.17) is 0 Å². The monoisotopic (exact) mass is 256 g/mol. The summed E-state index contributed by atoms with van der Waals surface area (Å²) in [7, 11) is 0. The topological polar surface area (TPSA) is 0 Å². The molecule has 84 valence electrons. The van der Waals surface area contributed by atoms with E-state index in [1.54, 1.807) is 11.3 Å². The van der Waals surface area contributed by atoms with E-state index in [1.807, 2.05) is 11.3 Å². The van der Waals surface area contributed by atoms with Crippen LogP contribution in [0.5, 0.6) is 0 Å². The number of rotatable bonds is 2. The summed E-state index contributed by atoms with van der Waals surface area (Å²) in [6.45, 7) is 2.15. The molecule has 0 radical (unpaired) electrons. The summed E-state index contributed by atoms with van der Waals surface area (Å²) in [5, 5.41) is 3.47. The van der Waals surface area contributed by atoms with Gasteiger partial charge >= 0.3 is 0 Å². The van der Waals surface area contributed by atoms with Gasteiger partial charge in [0.1, 0.15) is 0 Å². The highest BCUT2D eigenvalue weighted by atomic mass is 32.1. The van der Waals surface area contributed by atoms with E-state index < -0.39 is 0 Å². The largest absolute Gasteiger partial charge is 0.144 e. The molecule has 0 spiro atoms. The number of benzene rings is 1. The van der Waals surface area contributed by atoms with Gasteiger partial charge in [0.05, 0.1) is 0 Å². The Hall–Kier alpha value is -1.38. The van der Waals surface area contributed by atoms with Crippen LogP contribution in [0.2, 0.25) is 0 Å². The molecular weight excluding hydrogens is 244 g/mol. The average molecular weight is 256 g/mol. The number of fused-ring (bicyclic) bond motifs is 1. The number of aryl methyl sites for hydroxylation is 1. The van der Waals surface area contributed by atoms with Crippen molar-refractivity contribution in [1.82, 2.24) is 0 Å². The maximum atomic E-state index is 2.25. The lowest BCUT2D eigenvalue weighted by Crippen LogP contribution is -1.66. The van der Waals surface area contributed by atoms with Crippen LogP contribution >= 0.6 is 22.7 Å². The molecule has 2 heterocycles. The van der Waals surface area contributed by atoms with Crippen molar-refractivity contribution < 1.29 is 0 Å². The van der Waals surface area contributed by atoms with E-state index in [2.05, 4.69) is 60.9 Å². The van der Waals surface area contributed by atoms with Crippen LogP contribution in [-0.2, 0) is 0 Å². The normalized spacial score (nSPS) is 11.6. The van der Waals surface area contributed by atoms with Crippen molar-refractivity contribution in [2.24, 2.45) is 0 Å². The van der Waals surface area contributed by atoms with Crippen molar-refractivity contribution in [3.05, 3.63) is 57.1 Å². The molecule has 2 heteroatoms. The maximum Gasteiger partial charge on any atom is 0.0349 e. The smallest absolute Gasteiger partial charge is 0.0349 e. The molecule has 3 rings (SSSR count). The molecule has 0 bridgehead atoms. The predicted octanol–water partition coefficient (Wildman–Crippen LogP) is 5.44. The Bertz CT molecular complexity index is 638. The third kappa shape index (κ3) is 2.19. The Morgan fingerprint density at radius 1 is 1.06 bits per heavy atom. The van der Waals surface area contributed by atoms with Gasteiger partial charge in [-0.2, -0.15) is 0 Å². The van der Waals surface area contributed by atoms with E-state index in [0.717, 1.165) is 0 Å². The Balaban J connectivity index is 1.95. The number of hydrogen-bond donors (Lipinski definition) is 0. The van der Waals surface area contributed by atoms with Gasteiger partial charge in [-0.3, -0.25) is 0 Å². The summed E-state index contributed by atoms with van der Waals surface area (Å²) in [6.07, 6.45) is 4.42. The Morgan fingerprint density at radius 3 is 2.71 bits per heavy atom.